The van der Waals surface area contributed by atoms with E-state index in [4.69, 9.17) is 5.73 Å². The van der Waals surface area contributed by atoms with E-state index in [-0.39, 0.29) is 41.6 Å². The minimum Gasteiger partial charge on any atom is -0.510 e. The number of carbonyl (C=O) groups is 3. The molecule has 4 aliphatic rings. The van der Waals surface area contributed by atoms with Gasteiger partial charge in [0.25, 0.3) is 5.91 Å². The van der Waals surface area contributed by atoms with Crippen molar-refractivity contribution in [2.45, 2.75) is 50.0 Å². The third-order valence-electron chi connectivity index (χ3n) is 8.68. The van der Waals surface area contributed by atoms with Crippen LogP contribution in [0.2, 0.25) is 0 Å². The monoisotopic (exact) mass is 545 g/mol. The molecular formula is C27H32FN3O8. The Balaban J connectivity index is 1.60. The van der Waals surface area contributed by atoms with Crippen LogP contribution in [0.1, 0.15) is 40.7 Å². The van der Waals surface area contributed by atoms with E-state index in [9.17, 15) is 39.9 Å². The molecule has 210 valence electrons. The zero-order valence-electron chi connectivity index (χ0n) is 21.6. The maximum absolute atomic E-state index is 15.8. The Kier molecular flexibility index (Phi) is 6.57. The van der Waals surface area contributed by atoms with Crippen LogP contribution in [-0.2, 0) is 22.6 Å². The third kappa shape index (κ3) is 3.96. The van der Waals surface area contributed by atoms with Gasteiger partial charge in [-0.1, -0.05) is 0 Å². The summed E-state index contributed by atoms with van der Waals surface area (Å²) in [6, 6.07) is 0.0456. The van der Waals surface area contributed by atoms with Gasteiger partial charge in [0, 0.05) is 42.3 Å². The Hall–Kier alpha value is -3.32. The summed E-state index contributed by atoms with van der Waals surface area (Å²) in [5.41, 5.74) is 1.17. The lowest BCUT2D eigenvalue weighted by Gasteiger charge is -2.50. The van der Waals surface area contributed by atoms with Crippen LogP contribution in [0.3, 0.4) is 0 Å². The number of ketones is 2. The van der Waals surface area contributed by atoms with Crippen LogP contribution < -0.4 is 5.73 Å². The second kappa shape index (κ2) is 9.40. The van der Waals surface area contributed by atoms with Crippen molar-refractivity contribution < 1.29 is 44.3 Å². The summed E-state index contributed by atoms with van der Waals surface area (Å²) in [4.78, 5) is 42.4. The highest BCUT2D eigenvalue weighted by Gasteiger charge is 2.63. The quantitative estimate of drug-likeness (QED) is 0.286. The summed E-state index contributed by atoms with van der Waals surface area (Å²) in [5, 5.41) is 54.2. The normalized spacial score (nSPS) is 29.9. The van der Waals surface area contributed by atoms with E-state index in [2.05, 4.69) is 0 Å². The van der Waals surface area contributed by atoms with Gasteiger partial charge >= 0.3 is 0 Å². The number of likely N-dealkylation sites (N-methyl/N-ethyl adjacent to an activating group) is 1. The minimum atomic E-state index is -2.74. The molecule has 0 spiro atoms. The fourth-order valence-corrected chi connectivity index (χ4v) is 6.79. The standard InChI is InChI=1S/C27H32FN3O8/c1-30(2)21-15-8-11-7-14-18(16(33)9-12(20(14)28)10-31-5-3-13(32)4-6-31)22(34)17(11)24(36)27(15,39)25(37)19(23(21)35)26(29)38/h9,11,13,15,21,32-33,35-36,39H,3-8,10H2,1-2H3,(H2,29,38)/t11-,15-,21-,27-/m0/s1. The van der Waals surface area contributed by atoms with Crippen LogP contribution in [-0.4, -0.2) is 97.7 Å². The average molecular weight is 546 g/mol. The topological polar surface area (TPSA) is 185 Å². The number of aliphatic hydroxyl groups excluding tert-OH is 3. The highest BCUT2D eigenvalue weighted by molar-refractivity contribution is 6.24. The van der Waals surface area contributed by atoms with E-state index in [0.717, 1.165) is 6.07 Å². The number of rotatable bonds is 4. The molecule has 0 bridgehead atoms. The lowest BCUT2D eigenvalue weighted by Crippen LogP contribution is -2.63. The van der Waals surface area contributed by atoms with Gasteiger partial charge in [-0.15, -0.1) is 0 Å². The van der Waals surface area contributed by atoms with E-state index in [1.165, 1.54) is 19.0 Å². The van der Waals surface area contributed by atoms with Crippen molar-refractivity contribution in [2.24, 2.45) is 17.6 Å². The van der Waals surface area contributed by atoms with Gasteiger partial charge in [-0.2, -0.15) is 0 Å². The number of nitrogens with zero attached hydrogens (tertiary/aromatic N) is 2. The van der Waals surface area contributed by atoms with E-state index in [1.54, 1.807) is 0 Å². The van der Waals surface area contributed by atoms with Crippen molar-refractivity contribution in [3.63, 3.8) is 0 Å². The molecule has 0 radical (unpaired) electrons. The molecule has 4 atom stereocenters. The number of Topliss-reactive ketones (excluding diaryl/α,β-unsaturated/α-hetero) is 2. The van der Waals surface area contributed by atoms with Crippen LogP contribution in [0.4, 0.5) is 4.39 Å². The van der Waals surface area contributed by atoms with Gasteiger partial charge in [0.1, 0.15) is 28.7 Å². The summed E-state index contributed by atoms with van der Waals surface area (Å²) in [7, 11) is 3.08. The molecule has 39 heavy (non-hydrogen) atoms. The van der Waals surface area contributed by atoms with Gasteiger partial charge in [0.15, 0.2) is 11.4 Å². The maximum atomic E-state index is 15.8. The molecule has 0 unspecified atom stereocenters. The Morgan fingerprint density at radius 1 is 1.21 bits per heavy atom. The Bertz CT molecular complexity index is 1350. The summed E-state index contributed by atoms with van der Waals surface area (Å²) < 4.78 is 15.8. The third-order valence-corrected chi connectivity index (χ3v) is 8.68. The first-order valence-electron chi connectivity index (χ1n) is 12.9. The van der Waals surface area contributed by atoms with Gasteiger partial charge in [-0.25, -0.2) is 4.39 Å². The fraction of sp³-hybridized carbons (Fsp3) is 0.519. The smallest absolute Gasteiger partial charge is 0.255 e. The first-order valence-corrected chi connectivity index (χ1v) is 12.9. The Morgan fingerprint density at radius 2 is 1.85 bits per heavy atom. The number of allylic oxidation sites excluding steroid dienone is 1. The summed E-state index contributed by atoms with van der Waals surface area (Å²) in [5.74, 6) is -8.38. The molecular weight excluding hydrogens is 513 g/mol. The number of carbonyl (C=O) groups excluding carboxylic acids is 3. The molecule has 0 saturated carbocycles. The summed E-state index contributed by atoms with van der Waals surface area (Å²) in [6.07, 6.45) is 0.457. The second-order valence-corrected chi connectivity index (χ2v) is 11.2. The second-order valence-electron chi connectivity index (χ2n) is 11.2. The van der Waals surface area contributed by atoms with Crippen molar-refractivity contribution in [1.82, 2.24) is 9.80 Å². The van der Waals surface area contributed by atoms with Crippen LogP contribution in [0.15, 0.2) is 28.7 Å². The first-order chi connectivity index (χ1) is 18.3. The molecule has 5 rings (SSSR count). The molecule has 1 aromatic rings. The zero-order valence-corrected chi connectivity index (χ0v) is 21.6. The van der Waals surface area contributed by atoms with E-state index in [1.807, 2.05) is 4.90 Å². The molecule has 11 nitrogen and oxygen atoms in total. The van der Waals surface area contributed by atoms with Gasteiger partial charge in [-0.05, 0) is 51.8 Å². The van der Waals surface area contributed by atoms with Crippen LogP contribution >= 0.6 is 0 Å². The lowest BCUT2D eigenvalue weighted by atomic mass is 9.58. The van der Waals surface area contributed by atoms with Crippen LogP contribution in [0.25, 0.3) is 0 Å². The van der Waals surface area contributed by atoms with Crippen molar-refractivity contribution >= 4 is 17.5 Å². The van der Waals surface area contributed by atoms with Crippen LogP contribution in [0, 0.1) is 17.7 Å². The molecule has 1 amide bonds. The van der Waals surface area contributed by atoms with Gasteiger partial charge < -0.3 is 31.3 Å². The average Bonchev–Trinajstić information content (AvgIpc) is 2.85. The molecule has 12 heteroatoms. The number of phenols is 1. The largest absolute Gasteiger partial charge is 0.510 e. The molecule has 1 aromatic carbocycles. The number of hydrogen-bond acceptors (Lipinski definition) is 10. The zero-order chi connectivity index (χ0) is 28.5. The SMILES string of the molecule is CN(C)[C@@H]1C(O)=C(C(N)=O)C(=O)[C@@]2(O)C(O)=C3C(=O)c4c(O)cc(CN5CCC(O)CC5)c(F)c4C[C@H]3C[C@@H]12. The number of halogens is 1. The molecule has 1 fully saturated rings. The number of primary amides is 1. The highest BCUT2D eigenvalue weighted by atomic mass is 19.1. The first kappa shape index (κ1) is 27.3. The summed E-state index contributed by atoms with van der Waals surface area (Å²) >= 11 is 0. The number of likely N-dealkylation sites (tertiary alicyclic amines) is 1. The number of nitrogens with two attached hydrogens (primary N) is 1. The lowest BCUT2D eigenvalue weighted by molar-refractivity contribution is -0.148. The number of benzene rings is 1. The van der Waals surface area contributed by atoms with Gasteiger partial charge in [0.05, 0.1) is 17.7 Å². The number of fused-ring (bicyclic) bond motifs is 3. The van der Waals surface area contributed by atoms with E-state index < -0.39 is 75.7 Å². The highest BCUT2D eigenvalue weighted by Crippen LogP contribution is 2.52. The molecule has 1 aliphatic heterocycles. The van der Waals surface area contributed by atoms with Gasteiger partial charge in [-0.3, -0.25) is 24.2 Å². The maximum Gasteiger partial charge on any atom is 0.255 e. The Morgan fingerprint density at radius 3 is 2.44 bits per heavy atom. The van der Waals surface area contributed by atoms with Gasteiger partial charge in [0.2, 0.25) is 5.78 Å². The van der Waals surface area contributed by atoms with Crippen molar-refractivity contribution in [3.05, 3.63) is 51.2 Å². The number of aliphatic hydroxyl groups is 4. The van der Waals surface area contributed by atoms with Crippen molar-refractivity contribution in [1.29, 1.82) is 0 Å². The molecule has 1 heterocycles. The van der Waals surface area contributed by atoms with Crippen molar-refractivity contribution in [2.75, 3.05) is 27.2 Å². The molecule has 7 N–H and O–H groups in total. The predicted molar refractivity (Wildman–Crippen MR) is 134 cm³/mol. The predicted octanol–water partition coefficient (Wildman–Crippen LogP) is 0.216. The summed E-state index contributed by atoms with van der Waals surface area (Å²) in [6.45, 7) is 1.26. The molecule has 3 aliphatic carbocycles. The number of aromatic hydroxyl groups is 1. The van der Waals surface area contributed by atoms with Crippen molar-refractivity contribution in [3.8, 4) is 5.75 Å². The number of piperidine rings is 1. The fourth-order valence-electron chi connectivity index (χ4n) is 6.79. The van der Waals surface area contributed by atoms with E-state index in [0.29, 0.717) is 25.9 Å². The molecule has 1 saturated heterocycles. The van der Waals surface area contributed by atoms with Crippen LogP contribution in [0.5, 0.6) is 5.75 Å². The Labute approximate surface area is 223 Å². The number of hydrogen-bond donors (Lipinski definition) is 6. The number of phenolic OH excluding ortho intramolecular Hbond substituents is 1. The molecule has 0 aromatic heterocycles. The number of amides is 1. The van der Waals surface area contributed by atoms with E-state index >= 15 is 4.39 Å². The minimum absolute atomic E-state index is 0.0276.